The minimum absolute atomic E-state index is 0.0512. The predicted octanol–water partition coefficient (Wildman–Crippen LogP) is 3.37. The van der Waals surface area contributed by atoms with E-state index in [1.807, 2.05) is 6.92 Å². The number of fused-ring (bicyclic) bond motifs is 3. The molecule has 2 aliphatic heterocycles. The van der Waals surface area contributed by atoms with Gasteiger partial charge >= 0.3 is 0 Å². The minimum Gasteiger partial charge on any atom is -0.380 e. The smallest absolute Gasteiger partial charge is 0.174 e. The Morgan fingerprint density at radius 2 is 1.74 bits per heavy atom. The van der Waals surface area contributed by atoms with E-state index in [1.54, 1.807) is 14.2 Å². The van der Waals surface area contributed by atoms with E-state index in [4.69, 9.17) is 25.8 Å². The van der Waals surface area contributed by atoms with E-state index in [1.165, 1.54) is 12.8 Å². The van der Waals surface area contributed by atoms with Gasteiger partial charge in [-0.25, -0.2) is 10.4 Å². The molecule has 7 unspecified atom stereocenters. The van der Waals surface area contributed by atoms with Crippen molar-refractivity contribution in [3.05, 3.63) is 0 Å². The first-order valence-electron chi connectivity index (χ1n) is 13.5. The Hall–Kier alpha value is -0.570. The van der Waals surface area contributed by atoms with Gasteiger partial charge < -0.3 is 14.2 Å². The molecule has 0 bridgehead atoms. The zero-order valence-corrected chi connectivity index (χ0v) is 22.8. The normalized spacial score (nSPS) is 48.9. The number of alkyl halides is 1. The Morgan fingerprint density at radius 1 is 1.09 bits per heavy atom. The Labute approximate surface area is 214 Å². The number of carbonyl (C=O) groups is 2. The van der Waals surface area contributed by atoms with E-state index in [9.17, 15) is 9.59 Å². The Bertz CT molecular complexity index is 840. The molecule has 3 aliphatic carbocycles. The molecule has 7 nitrogen and oxygen atoms in total. The average molecular weight is 511 g/mol. The van der Waals surface area contributed by atoms with Crippen molar-refractivity contribution >= 4 is 23.2 Å². The molecular weight excluding hydrogens is 468 g/mol. The highest BCUT2D eigenvalue weighted by Gasteiger charge is 2.70. The fourth-order valence-corrected chi connectivity index (χ4v) is 8.34. The molecule has 0 amide bonds. The number of methoxy groups -OCH3 is 2. The summed E-state index contributed by atoms with van der Waals surface area (Å²) in [6.45, 7) is 9.63. The van der Waals surface area contributed by atoms with Crippen LogP contribution in [0.15, 0.2) is 0 Å². The molecule has 5 rings (SSSR count). The summed E-state index contributed by atoms with van der Waals surface area (Å²) in [6, 6.07) is 0.0167. The molecule has 2 heterocycles. The number of nitrogens with one attached hydrogen (secondary N) is 1. The van der Waals surface area contributed by atoms with E-state index < -0.39 is 23.0 Å². The van der Waals surface area contributed by atoms with E-state index in [0.717, 1.165) is 18.8 Å². The minimum atomic E-state index is -1.07. The molecule has 198 valence electrons. The summed E-state index contributed by atoms with van der Waals surface area (Å²) >= 11 is 6.84. The third-order valence-electron chi connectivity index (χ3n) is 10.1. The highest BCUT2D eigenvalue weighted by Crippen LogP contribution is 2.53. The summed E-state index contributed by atoms with van der Waals surface area (Å²) in [4.78, 5) is 27.5. The maximum absolute atomic E-state index is 14.2. The molecule has 1 N–H and O–H groups in total. The Balaban J connectivity index is 1.41. The number of halogens is 1. The van der Waals surface area contributed by atoms with Gasteiger partial charge in [0.25, 0.3) is 0 Å². The number of Topliss-reactive ketones (excluding diaryl/α,β-unsaturated/α-hetero) is 2. The SMILES string of the molecule is COC1CC(OC)C2C(=O)[C@@]3(OC2C1Cl)C1NN(C2CCC(C(C)(C)C)CC2)CC1C(=O)C[C@H]3C. The summed E-state index contributed by atoms with van der Waals surface area (Å²) in [5, 5.41) is 1.84. The van der Waals surface area contributed by atoms with Gasteiger partial charge in [0.15, 0.2) is 5.78 Å². The van der Waals surface area contributed by atoms with Crippen LogP contribution in [-0.2, 0) is 23.8 Å². The summed E-state index contributed by atoms with van der Waals surface area (Å²) in [6.07, 6.45) is 4.49. The Morgan fingerprint density at radius 3 is 2.34 bits per heavy atom. The van der Waals surface area contributed by atoms with Crippen molar-refractivity contribution in [1.82, 2.24) is 10.4 Å². The van der Waals surface area contributed by atoms with Crippen molar-refractivity contribution in [2.24, 2.45) is 29.1 Å². The summed E-state index contributed by atoms with van der Waals surface area (Å²) in [5.74, 6) is 0.0983. The maximum atomic E-state index is 14.2. The first kappa shape index (κ1) is 26.1. The van der Waals surface area contributed by atoms with Gasteiger partial charge in [-0.15, -0.1) is 11.6 Å². The van der Waals surface area contributed by atoms with Crippen molar-refractivity contribution in [3.8, 4) is 0 Å². The first-order chi connectivity index (χ1) is 16.5. The van der Waals surface area contributed by atoms with Gasteiger partial charge in [0, 0.05) is 45.6 Å². The number of ether oxygens (including phenoxy) is 3. The molecule has 8 heteroatoms. The molecule has 0 radical (unpaired) electrons. The van der Waals surface area contributed by atoms with Crippen LogP contribution in [0.2, 0.25) is 0 Å². The lowest BCUT2D eigenvalue weighted by Crippen LogP contribution is -2.65. The van der Waals surface area contributed by atoms with Crippen LogP contribution in [-0.4, -0.2) is 78.7 Å². The Kier molecular flexibility index (Phi) is 6.94. The lowest BCUT2D eigenvalue weighted by Gasteiger charge is -2.45. The van der Waals surface area contributed by atoms with Crippen LogP contribution in [0.3, 0.4) is 0 Å². The zero-order chi connectivity index (χ0) is 25.3. The molecule has 3 saturated carbocycles. The monoisotopic (exact) mass is 510 g/mol. The van der Waals surface area contributed by atoms with Gasteiger partial charge in [-0.05, 0) is 37.0 Å². The van der Waals surface area contributed by atoms with Gasteiger partial charge in [-0.1, -0.05) is 27.7 Å². The van der Waals surface area contributed by atoms with Crippen LogP contribution in [0, 0.1) is 29.1 Å². The van der Waals surface area contributed by atoms with Crippen molar-refractivity contribution in [1.29, 1.82) is 0 Å². The number of carbonyl (C=O) groups excluding carboxylic acids is 2. The largest absolute Gasteiger partial charge is 0.380 e. The zero-order valence-electron chi connectivity index (χ0n) is 22.1. The highest BCUT2D eigenvalue weighted by molar-refractivity contribution is 6.22. The molecular formula is C27H43ClN2O5. The average Bonchev–Trinajstić information content (AvgIpc) is 3.40. The summed E-state index contributed by atoms with van der Waals surface area (Å²) in [7, 11) is 3.28. The lowest BCUT2D eigenvalue weighted by atomic mass is 9.64. The molecule has 9 atom stereocenters. The van der Waals surface area contributed by atoms with E-state index in [-0.39, 0.29) is 41.7 Å². The van der Waals surface area contributed by atoms with Crippen LogP contribution < -0.4 is 5.43 Å². The maximum Gasteiger partial charge on any atom is 0.174 e. The van der Waals surface area contributed by atoms with Crippen molar-refractivity contribution < 1.29 is 23.8 Å². The second-order valence-electron chi connectivity index (χ2n) is 12.8. The number of nitrogens with zero attached hydrogens (tertiary/aromatic N) is 1. The second kappa shape index (κ2) is 9.32. The lowest BCUT2D eigenvalue weighted by molar-refractivity contribution is -0.164. The van der Waals surface area contributed by atoms with Crippen molar-refractivity contribution in [3.63, 3.8) is 0 Å². The van der Waals surface area contributed by atoms with Gasteiger partial charge in [0.05, 0.1) is 41.6 Å². The molecule has 5 aliphatic rings. The molecule has 35 heavy (non-hydrogen) atoms. The van der Waals surface area contributed by atoms with Crippen LogP contribution in [0.4, 0.5) is 0 Å². The summed E-state index contributed by atoms with van der Waals surface area (Å²) in [5.41, 5.74) is 2.93. The summed E-state index contributed by atoms with van der Waals surface area (Å²) < 4.78 is 18.2. The van der Waals surface area contributed by atoms with Gasteiger partial charge in [-0.3, -0.25) is 9.59 Å². The fraction of sp³-hybridized carbons (Fsp3) is 0.926. The molecule has 0 aromatic rings. The second-order valence-corrected chi connectivity index (χ2v) is 13.3. The van der Waals surface area contributed by atoms with Crippen LogP contribution in [0.5, 0.6) is 0 Å². The number of hydrazine groups is 1. The number of ketones is 2. The van der Waals surface area contributed by atoms with E-state index >= 15 is 0 Å². The third-order valence-corrected chi connectivity index (χ3v) is 10.6. The standard InChI is InChI=1S/C27H43ClN2O5/c1-14-11-18(31)17-13-30(16-9-7-15(8-10-16)26(2,3)4)29-24(17)27(14)25(32)21-19(33-5)12-20(34-6)22(28)23(21)35-27/h14-17,19-24,29H,7-13H2,1-6H3/t14-,15?,16?,17?,19?,20?,21?,22?,23?,24?,27+/m1/s1. The van der Waals surface area contributed by atoms with Crippen LogP contribution >= 0.6 is 11.6 Å². The van der Waals surface area contributed by atoms with Gasteiger partial charge in [-0.2, -0.15) is 0 Å². The number of hydrogen-bond acceptors (Lipinski definition) is 7. The molecule has 0 aromatic carbocycles. The molecule has 1 spiro atoms. The third kappa shape index (κ3) is 4.04. The van der Waals surface area contributed by atoms with E-state index in [2.05, 4.69) is 31.2 Å². The van der Waals surface area contributed by atoms with E-state index in [0.29, 0.717) is 30.8 Å². The number of hydrogen-bond donors (Lipinski definition) is 1. The van der Waals surface area contributed by atoms with Crippen molar-refractivity contribution in [2.75, 3.05) is 20.8 Å². The molecule has 0 aromatic heterocycles. The first-order valence-corrected chi connectivity index (χ1v) is 13.9. The quantitative estimate of drug-likeness (QED) is 0.583. The topological polar surface area (TPSA) is 77.1 Å². The highest BCUT2D eigenvalue weighted by atomic mass is 35.5. The predicted molar refractivity (Wildman–Crippen MR) is 133 cm³/mol. The van der Waals surface area contributed by atoms with Crippen LogP contribution in [0.25, 0.3) is 0 Å². The molecule has 2 saturated heterocycles. The molecule has 5 fully saturated rings. The van der Waals surface area contributed by atoms with Crippen molar-refractivity contribution in [2.45, 2.75) is 108 Å². The number of rotatable bonds is 3. The van der Waals surface area contributed by atoms with Gasteiger partial charge in [0.2, 0.25) is 0 Å². The van der Waals surface area contributed by atoms with Gasteiger partial charge in [0.1, 0.15) is 11.4 Å². The fourth-order valence-electron chi connectivity index (χ4n) is 7.92. The van der Waals surface area contributed by atoms with Crippen LogP contribution in [0.1, 0.15) is 66.2 Å².